The number of phenolic OH excluding ortho intramolecular Hbond substituents is 1. The summed E-state index contributed by atoms with van der Waals surface area (Å²) in [4.78, 5) is 11.8. The van der Waals surface area contributed by atoms with Crippen LogP contribution in [0, 0.1) is 0 Å². The summed E-state index contributed by atoms with van der Waals surface area (Å²) in [6.07, 6.45) is 0. The van der Waals surface area contributed by atoms with E-state index in [1.807, 2.05) is 42.5 Å². The van der Waals surface area contributed by atoms with E-state index < -0.39 is 5.97 Å². The number of carbonyl (C=O) groups excluding carboxylic acids is 1. The van der Waals surface area contributed by atoms with E-state index in [1.54, 1.807) is 18.2 Å². The number of azo groups is 1. The molecule has 0 aliphatic rings. The van der Waals surface area contributed by atoms with Gasteiger partial charge >= 0.3 is 5.97 Å². The molecule has 0 unspecified atom stereocenters. The maximum Gasteiger partial charge on any atom is 0.338 e. The van der Waals surface area contributed by atoms with Crippen LogP contribution in [0.1, 0.15) is 6.92 Å². The zero-order valence-corrected chi connectivity index (χ0v) is 13.6. The van der Waals surface area contributed by atoms with Gasteiger partial charge in [-0.25, -0.2) is 4.79 Å². The van der Waals surface area contributed by atoms with Crippen molar-refractivity contribution in [2.75, 3.05) is 0 Å². The number of rotatable bonds is 4. The van der Waals surface area contributed by atoms with Crippen molar-refractivity contribution in [2.45, 2.75) is 6.92 Å². The first-order valence-electron chi connectivity index (χ1n) is 7.65. The average Bonchev–Trinajstić information content (AvgIpc) is 2.62. The van der Waals surface area contributed by atoms with Gasteiger partial charge in [0.25, 0.3) is 0 Å². The van der Waals surface area contributed by atoms with Crippen LogP contribution in [0.5, 0.6) is 11.5 Å². The third-order valence-corrected chi connectivity index (χ3v) is 3.53. The first-order valence-corrected chi connectivity index (χ1v) is 7.65. The molecular weight excluding hydrogens is 316 g/mol. The number of nitrogens with zero attached hydrogens (tertiary/aromatic N) is 2. The van der Waals surface area contributed by atoms with Crippen LogP contribution >= 0.6 is 0 Å². The minimum atomic E-state index is -0.614. The molecule has 0 saturated heterocycles. The van der Waals surface area contributed by atoms with E-state index in [9.17, 15) is 9.90 Å². The lowest BCUT2D eigenvalue weighted by Gasteiger charge is -2.10. The second-order valence-electron chi connectivity index (χ2n) is 5.50. The molecular formula is C20H16N2O3. The van der Waals surface area contributed by atoms with Crippen LogP contribution < -0.4 is 4.74 Å². The van der Waals surface area contributed by atoms with Crippen molar-refractivity contribution in [3.05, 3.63) is 72.8 Å². The van der Waals surface area contributed by atoms with E-state index in [1.165, 1.54) is 6.92 Å². The molecule has 3 aromatic carbocycles. The summed E-state index contributed by atoms with van der Waals surface area (Å²) < 4.78 is 5.22. The smallest absolute Gasteiger partial charge is 0.338 e. The predicted molar refractivity (Wildman–Crippen MR) is 96.7 cm³/mol. The molecule has 0 bridgehead atoms. The van der Waals surface area contributed by atoms with Crippen LogP contribution in [0.3, 0.4) is 0 Å². The summed E-state index contributed by atoms with van der Waals surface area (Å²) in [6.45, 7) is 5.08. The lowest BCUT2D eigenvalue weighted by molar-refractivity contribution is -0.130. The van der Waals surface area contributed by atoms with Crippen LogP contribution in [0.4, 0.5) is 11.4 Å². The van der Waals surface area contributed by atoms with Gasteiger partial charge in [0, 0.05) is 11.0 Å². The highest BCUT2D eigenvalue weighted by atomic mass is 16.5. The van der Waals surface area contributed by atoms with Crippen LogP contribution in [0.25, 0.3) is 10.8 Å². The Morgan fingerprint density at radius 3 is 2.44 bits per heavy atom. The van der Waals surface area contributed by atoms with Crippen LogP contribution in [0.15, 0.2) is 83.0 Å². The normalized spacial score (nSPS) is 10.9. The Hall–Kier alpha value is -3.47. The monoisotopic (exact) mass is 332 g/mol. The maximum absolute atomic E-state index is 11.8. The van der Waals surface area contributed by atoms with Crippen molar-refractivity contribution in [2.24, 2.45) is 10.2 Å². The number of fused-ring (bicyclic) bond motifs is 1. The third-order valence-electron chi connectivity index (χ3n) is 3.53. The Morgan fingerprint density at radius 2 is 1.72 bits per heavy atom. The zero-order valence-electron chi connectivity index (χ0n) is 13.6. The second kappa shape index (κ2) is 6.97. The number of hydrogen-bond donors (Lipinski definition) is 1. The van der Waals surface area contributed by atoms with Gasteiger partial charge in [0.05, 0.1) is 5.69 Å². The number of phenols is 1. The molecule has 0 fully saturated rings. The quantitative estimate of drug-likeness (QED) is 0.299. The first kappa shape index (κ1) is 16.4. The summed E-state index contributed by atoms with van der Waals surface area (Å²) in [5.74, 6) is -0.835. The molecule has 0 atom stereocenters. The number of esters is 1. The molecule has 3 aromatic rings. The van der Waals surface area contributed by atoms with Gasteiger partial charge < -0.3 is 9.84 Å². The summed E-state index contributed by atoms with van der Waals surface area (Å²) in [5.41, 5.74) is 1.13. The Kier molecular flexibility index (Phi) is 4.57. The Labute approximate surface area is 144 Å². The summed E-state index contributed by atoms with van der Waals surface area (Å²) in [7, 11) is 0. The molecule has 0 saturated carbocycles. The van der Waals surface area contributed by atoms with Gasteiger partial charge in [0.2, 0.25) is 0 Å². The van der Waals surface area contributed by atoms with Gasteiger partial charge in [-0.15, -0.1) is 5.11 Å². The molecule has 0 radical (unpaired) electrons. The molecule has 25 heavy (non-hydrogen) atoms. The van der Waals surface area contributed by atoms with E-state index in [-0.39, 0.29) is 22.8 Å². The molecule has 0 heterocycles. The standard InChI is InChI=1S/C20H16N2O3/c1-13(2)20(24)25-17-12-14-8-6-7-11-16(14)18(19(17)23)22-21-15-9-4-3-5-10-15/h3-12,23H,1H2,2H3/b22-21+. The minimum absolute atomic E-state index is 0.0220. The molecule has 0 spiro atoms. The van der Waals surface area contributed by atoms with Crippen LogP contribution in [-0.2, 0) is 4.79 Å². The summed E-state index contributed by atoms with van der Waals surface area (Å²) in [6, 6.07) is 18.1. The second-order valence-corrected chi connectivity index (χ2v) is 5.50. The van der Waals surface area contributed by atoms with Crippen molar-refractivity contribution < 1.29 is 14.6 Å². The number of hydrogen-bond acceptors (Lipinski definition) is 5. The highest BCUT2D eigenvalue weighted by molar-refractivity contribution is 5.98. The fourth-order valence-corrected chi connectivity index (χ4v) is 2.26. The Morgan fingerprint density at radius 1 is 1.04 bits per heavy atom. The van der Waals surface area contributed by atoms with Gasteiger partial charge in [0.1, 0.15) is 5.69 Å². The van der Waals surface area contributed by atoms with Crippen molar-refractivity contribution in [1.29, 1.82) is 0 Å². The fraction of sp³-hybridized carbons (Fsp3) is 0.0500. The number of benzene rings is 3. The number of aromatic hydroxyl groups is 1. The van der Waals surface area contributed by atoms with E-state index >= 15 is 0 Å². The number of carbonyl (C=O) groups is 1. The lowest BCUT2D eigenvalue weighted by atomic mass is 10.1. The SMILES string of the molecule is C=C(C)C(=O)Oc1cc2ccccc2c(/N=N/c2ccccc2)c1O. The molecule has 0 aliphatic carbocycles. The van der Waals surface area contributed by atoms with Crippen LogP contribution in [-0.4, -0.2) is 11.1 Å². The summed E-state index contributed by atoms with van der Waals surface area (Å²) >= 11 is 0. The third kappa shape index (κ3) is 3.55. The minimum Gasteiger partial charge on any atom is -0.503 e. The van der Waals surface area contributed by atoms with Crippen molar-refractivity contribution in [1.82, 2.24) is 0 Å². The lowest BCUT2D eigenvalue weighted by Crippen LogP contribution is -2.08. The van der Waals surface area contributed by atoms with Gasteiger partial charge in [-0.1, -0.05) is 49.0 Å². The van der Waals surface area contributed by atoms with Crippen molar-refractivity contribution in [3.63, 3.8) is 0 Å². The van der Waals surface area contributed by atoms with Crippen LogP contribution in [0.2, 0.25) is 0 Å². The molecule has 1 N–H and O–H groups in total. The van der Waals surface area contributed by atoms with Gasteiger partial charge in [-0.05, 0) is 30.5 Å². The molecule has 0 aromatic heterocycles. The highest BCUT2D eigenvalue weighted by Crippen LogP contribution is 2.43. The first-order chi connectivity index (χ1) is 12.1. The molecule has 0 aliphatic heterocycles. The molecule has 5 heteroatoms. The molecule has 124 valence electrons. The van der Waals surface area contributed by atoms with E-state index in [4.69, 9.17) is 4.74 Å². The van der Waals surface area contributed by atoms with E-state index in [0.29, 0.717) is 11.1 Å². The van der Waals surface area contributed by atoms with Gasteiger partial charge in [-0.3, -0.25) is 0 Å². The van der Waals surface area contributed by atoms with Crippen molar-refractivity contribution in [3.8, 4) is 11.5 Å². The average molecular weight is 332 g/mol. The van der Waals surface area contributed by atoms with E-state index in [0.717, 1.165) is 5.39 Å². The topological polar surface area (TPSA) is 71.2 Å². The summed E-state index contributed by atoms with van der Waals surface area (Å²) in [5, 5.41) is 20.3. The zero-order chi connectivity index (χ0) is 17.8. The number of ether oxygens (including phenoxy) is 1. The molecule has 3 rings (SSSR count). The fourth-order valence-electron chi connectivity index (χ4n) is 2.26. The van der Waals surface area contributed by atoms with E-state index in [2.05, 4.69) is 16.8 Å². The molecule has 0 amide bonds. The molecule has 5 nitrogen and oxygen atoms in total. The maximum atomic E-state index is 11.8. The Bertz CT molecular complexity index is 979. The van der Waals surface area contributed by atoms with Gasteiger partial charge in [0.15, 0.2) is 11.5 Å². The Balaban J connectivity index is 2.11. The predicted octanol–water partition coefficient (Wildman–Crippen LogP) is 5.44. The van der Waals surface area contributed by atoms with Crippen molar-refractivity contribution >= 4 is 28.1 Å². The van der Waals surface area contributed by atoms with Gasteiger partial charge in [-0.2, -0.15) is 5.11 Å². The highest BCUT2D eigenvalue weighted by Gasteiger charge is 2.16. The largest absolute Gasteiger partial charge is 0.503 e.